The van der Waals surface area contributed by atoms with Crippen LogP contribution in [0.2, 0.25) is 0 Å². The maximum atomic E-state index is 5.83. The smallest absolute Gasteiger partial charge is 0.0978 e. The molecule has 0 fully saturated rings. The minimum Gasteiger partial charge on any atom is -0.254 e. The van der Waals surface area contributed by atoms with Crippen molar-refractivity contribution in [2.24, 2.45) is 0 Å². The minimum atomic E-state index is 0.836. The Morgan fingerprint density at radius 1 is 0.129 bits per heavy atom. The van der Waals surface area contributed by atoms with Crippen LogP contribution in [0.1, 0.15) is 0 Å². The predicted octanol–water partition coefficient (Wildman–Crippen LogP) is 37.4. The molecule has 0 radical (unpaired) electrons. The van der Waals surface area contributed by atoms with Crippen LogP contribution in [-0.2, 0) is 0 Å². The van der Waals surface area contributed by atoms with Gasteiger partial charge in [0.1, 0.15) is 0 Å². The maximum absolute atomic E-state index is 5.83. The van der Waals surface area contributed by atoms with E-state index in [1.165, 1.54) is 98.5 Å². The Kier molecular flexibility index (Phi) is 20.6. The Balaban J connectivity index is 0.605. The average molecular weight is 1780 g/mol. The van der Waals surface area contributed by atoms with E-state index in [1.807, 2.05) is 12.3 Å². The van der Waals surface area contributed by atoms with Crippen LogP contribution in [0.4, 0.5) is 0 Å². The lowest BCUT2D eigenvalue weighted by Crippen LogP contribution is -1.98. The number of aromatic nitrogens is 3. The van der Waals surface area contributed by atoms with E-state index in [1.54, 1.807) is 0 Å². The summed E-state index contributed by atoms with van der Waals surface area (Å²) in [5.74, 6) is 0. The molecule has 0 N–H and O–H groups in total. The Morgan fingerprint density at radius 2 is 0.407 bits per heavy atom. The molecule has 26 aromatic rings. The van der Waals surface area contributed by atoms with Crippen molar-refractivity contribution in [1.29, 1.82) is 0 Å². The lowest BCUT2D eigenvalue weighted by atomic mass is 9.78. The molecular formula is C137H87N3. The quantitative estimate of drug-likeness (QED) is 0.0674. The van der Waals surface area contributed by atoms with E-state index in [4.69, 9.17) is 15.0 Å². The SMILES string of the molecule is c1ccc(-c2cc(-c3cccc(-c4c5ccccc5c(-c5cccc(-c6cc7cccnc7c7nc(-c8cccc(-c9cc(-c%10cccc(-c%11c%12ccccc%12c(-c%12cccc(-c%13nc%14ccccc%14c%14ccccc%13%14)c%12)c%12ccccc%11%12)c%10)c(-c%10ccccc%10)c(-c%10ccccc%10)c9-c9ccccc9)c8)ccc67)c5)c5ccccc45)c3)c(-c3ccccc3)c(-c3ccccc3)c2-c2ccccc2)cc1. The maximum Gasteiger partial charge on any atom is 0.0978 e. The highest BCUT2D eigenvalue weighted by atomic mass is 14.8. The van der Waals surface area contributed by atoms with Gasteiger partial charge >= 0.3 is 0 Å². The lowest BCUT2D eigenvalue weighted by molar-refractivity contribution is 1.37. The van der Waals surface area contributed by atoms with E-state index in [-0.39, 0.29) is 0 Å². The molecule has 3 heterocycles. The number of pyridine rings is 3. The van der Waals surface area contributed by atoms with Gasteiger partial charge in [0.25, 0.3) is 0 Å². The zero-order valence-corrected chi connectivity index (χ0v) is 76.6. The highest BCUT2D eigenvalue weighted by molar-refractivity contribution is 6.25. The first-order valence-corrected chi connectivity index (χ1v) is 48.2. The van der Waals surface area contributed by atoms with E-state index in [9.17, 15) is 0 Å². The summed E-state index contributed by atoms with van der Waals surface area (Å²) in [4.78, 5) is 16.4. The standard InChI is InChI=1S/C137H87N3/c1-8-40-88(41-9-1)119-86-120(130(90-44-12-3-13-45-90)133(93-50-18-6-19-51-93)129(119)89-42-10-2-11-43-89)97-56-36-60-101(82-97)126-110-69-25-23-67-108(110)125(109-68-24-26-70-111(109)126)100-59-35-54-95(81-100)118-85-105-64-39-79-138-136(105)137-117(118)77-78-123(139-137)99-58-34-55-96(80-99)121-87-122(132(92-48-16-5-17-49-92)134(94-52-20-7-21-53-94)131(121)91-46-14-4-15-47-91)98-57-37-61-102(83-98)127-112-71-27-29-73-114(112)128(115-74-30-28-72-113(115)127)103-62-38-63-104(84-103)135-116-75-31-22-65-106(116)107-66-32-33-76-124(107)140-135/h1-87H. The van der Waals surface area contributed by atoms with Crippen LogP contribution in [0.5, 0.6) is 0 Å². The van der Waals surface area contributed by atoms with Crippen molar-refractivity contribution in [2.75, 3.05) is 0 Å². The third-order valence-corrected chi connectivity index (χ3v) is 28.4. The summed E-state index contributed by atoms with van der Waals surface area (Å²) in [5.41, 5.74) is 40.8. The monoisotopic (exact) mass is 1770 g/mol. The van der Waals surface area contributed by atoms with Crippen LogP contribution in [-0.4, -0.2) is 15.0 Å². The first kappa shape index (κ1) is 82.3. The molecule has 0 aliphatic carbocycles. The van der Waals surface area contributed by atoms with Crippen LogP contribution >= 0.6 is 0 Å². The van der Waals surface area contributed by atoms with E-state index in [0.717, 1.165) is 177 Å². The first-order valence-electron chi connectivity index (χ1n) is 48.2. The Bertz CT molecular complexity index is 9270. The second-order valence-corrected chi connectivity index (χ2v) is 36.5. The normalized spacial score (nSPS) is 11.6. The van der Waals surface area contributed by atoms with Gasteiger partial charge < -0.3 is 0 Å². The number of nitrogens with zero attached hydrogens (tertiary/aromatic N) is 3. The Labute approximate surface area is 813 Å². The summed E-state index contributed by atoms with van der Waals surface area (Å²) in [7, 11) is 0. The molecule has 0 aliphatic heterocycles. The molecule has 0 aliphatic rings. The molecule has 0 amide bonds. The molecule has 0 saturated carbocycles. The van der Waals surface area contributed by atoms with Gasteiger partial charge in [-0.25, -0.2) is 9.97 Å². The van der Waals surface area contributed by atoms with Crippen molar-refractivity contribution in [3.63, 3.8) is 0 Å². The van der Waals surface area contributed by atoms with Gasteiger partial charge in [-0.1, -0.05) is 449 Å². The second-order valence-electron chi connectivity index (χ2n) is 36.5. The lowest BCUT2D eigenvalue weighted by Gasteiger charge is -2.25. The summed E-state index contributed by atoms with van der Waals surface area (Å²) in [6.07, 6.45) is 1.90. The van der Waals surface area contributed by atoms with Crippen molar-refractivity contribution in [3.05, 3.63) is 528 Å². The highest BCUT2D eigenvalue weighted by Crippen LogP contribution is 2.56. The zero-order chi connectivity index (χ0) is 92.5. The van der Waals surface area contributed by atoms with Crippen LogP contribution in [0, 0.1) is 0 Å². The number of hydrogen-bond donors (Lipinski definition) is 0. The molecule has 0 atom stereocenters. The Hall–Kier alpha value is -18.4. The molecular weight excluding hydrogens is 1690 g/mol. The van der Waals surface area contributed by atoms with Gasteiger partial charge in [0.2, 0.25) is 0 Å². The molecule has 3 nitrogen and oxygen atoms in total. The molecule has 0 spiro atoms. The summed E-state index contributed by atoms with van der Waals surface area (Å²) in [6.45, 7) is 0. The van der Waals surface area contributed by atoms with E-state index < -0.39 is 0 Å². The molecule has 0 saturated heterocycles. The first-order chi connectivity index (χ1) is 69.5. The molecule has 0 bridgehead atoms. The highest BCUT2D eigenvalue weighted by Gasteiger charge is 2.30. The fourth-order valence-electron chi connectivity index (χ4n) is 22.3. The summed E-state index contributed by atoms with van der Waals surface area (Å²) in [6, 6.07) is 192. The molecule has 3 aromatic heterocycles. The number of hydrogen-bond acceptors (Lipinski definition) is 3. The minimum absolute atomic E-state index is 0.836. The molecule has 26 rings (SSSR count). The van der Waals surface area contributed by atoms with E-state index in [2.05, 4.69) is 516 Å². The summed E-state index contributed by atoms with van der Waals surface area (Å²) >= 11 is 0. The molecule has 23 aromatic carbocycles. The molecule has 650 valence electrons. The second kappa shape index (κ2) is 35.1. The number of para-hydroxylation sites is 1. The van der Waals surface area contributed by atoms with Gasteiger partial charge in [-0.15, -0.1) is 0 Å². The summed E-state index contributed by atoms with van der Waals surface area (Å²) < 4.78 is 0. The number of fused-ring (bicyclic) bond motifs is 10. The van der Waals surface area contributed by atoms with Gasteiger partial charge in [0.15, 0.2) is 0 Å². The molecule has 0 unspecified atom stereocenters. The predicted molar refractivity (Wildman–Crippen MR) is 592 cm³/mol. The van der Waals surface area contributed by atoms with Gasteiger partial charge in [0, 0.05) is 38.9 Å². The number of benzene rings is 23. The van der Waals surface area contributed by atoms with Crippen molar-refractivity contribution in [3.8, 4) is 189 Å². The van der Waals surface area contributed by atoms with Gasteiger partial charge in [0.05, 0.1) is 27.9 Å². The Morgan fingerprint density at radius 3 is 0.793 bits per heavy atom. The van der Waals surface area contributed by atoms with Gasteiger partial charge in [-0.2, -0.15) is 0 Å². The third kappa shape index (κ3) is 14.4. The number of rotatable bonds is 17. The van der Waals surface area contributed by atoms with Crippen molar-refractivity contribution in [1.82, 2.24) is 15.0 Å². The van der Waals surface area contributed by atoms with Crippen LogP contribution in [0.3, 0.4) is 0 Å². The molecule has 3 heteroatoms. The van der Waals surface area contributed by atoms with E-state index in [0.29, 0.717) is 0 Å². The van der Waals surface area contributed by atoms with Crippen molar-refractivity contribution >= 4 is 86.6 Å². The average Bonchev–Trinajstić information content (AvgIpc) is 0.731. The van der Waals surface area contributed by atoms with Crippen LogP contribution < -0.4 is 0 Å². The zero-order valence-electron chi connectivity index (χ0n) is 76.6. The van der Waals surface area contributed by atoms with Gasteiger partial charge in [-0.05, 0) is 288 Å². The largest absolute Gasteiger partial charge is 0.254 e. The van der Waals surface area contributed by atoms with E-state index >= 15 is 0 Å². The topological polar surface area (TPSA) is 38.7 Å². The van der Waals surface area contributed by atoms with Crippen molar-refractivity contribution < 1.29 is 0 Å². The fourth-order valence-corrected chi connectivity index (χ4v) is 22.3. The van der Waals surface area contributed by atoms with Gasteiger partial charge in [-0.3, -0.25) is 4.98 Å². The molecule has 140 heavy (non-hydrogen) atoms. The summed E-state index contributed by atoms with van der Waals surface area (Å²) in [5, 5.41) is 14.9. The fraction of sp³-hybridized carbons (Fsp3) is 0. The van der Waals surface area contributed by atoms with Crippen LogP contribution in [0.15, 0.2) is 528 Å². The van der Waals surface area contributed by atoms with Crippen LogP contribution in [0.25, 0.3) is 276 Å². The third-order valence-electron chi connectivity index (χ3n) is 28.4. The van der Waals surface area contributed by atoms with Crippen molar-refractivity contribution in [2.45, 2.75) is 0 Å².